The van der Waals surface area contributed by atoms with Crippen molar-refractivity contribution in [3.05, 3.63) is 18.0 Å². The van der Waals surface area contributed by atoms with Crippen molar-refractivity contribution in [1.29, 1.82) is 0 Å². The van der Waals surface area contributed by atoms with E-state index < -0.39 is 0 Å². The number of hydrogen-bond acceptors (Lipinski definition) is 4. The van der Waals surface area contributed by atoms with Crippen LogP contribution in [-0.2, 0) is 11.8 Å². The average Bonchev–Trinajstić information content (AvgIpc) is 3.08. The van der Waals surface area contributed by atoms with Crippen LogP contribution in [0.25, 0.3) is 0 Å². The molecule has 124 valence electrons. The number of nitrogens with one attached hydrogen (secondary N) is 1. The summed E-state index contributed by atoms with van der Waals surface area (Å²) in [6.45, 7) is 2.88. The molecule has 0 radical (unpaired) electrons. The molecular weight excluding hydrogens is 276 g/mol. The predicted molar refractivity (Wildman–Crippen MR) is 87.8 cm³/mol. The first-order chi connectivity index (χ1) is 10.6. The number of nitrogens with zero attached hydrogens (tertiary/aromatic N) is 3. The number of aryl methyl sites for hydroxylation is 1. The molecule has 1 spiro atoms. The van der Waals surface area contributed by atoms with Crippen molar-refractivity contribution in [1.82, 2.24) is 20.0 Å². The summed E-state index contributed by atoms with van der Waals surface area (Å²) in [5.41, 5.74) is 1.78. The number of likely N-dealkylation sites (N-methyl/N-ethyl adjacent to an activating group) is 1. The van der Waals surface area contributed by atoms with Gasteiger partial charge in [-0.3, -0.25) is 4.68 Å². The van der Waals surface area contributed by atoms with Crippen LogP contribution in [0.4, 0.5) is 0 Å². The van der Waals surface area contributed by atoms with Crippen LogP contribution in [0.3, 0.4) is 0 Å². The van der Waals surface area contributed by atoms with Crippen LogP contribution in [0.15, 0.2) is 12.4 Å². The van der Waals surface area contributed by atoms with E-state index in [4.69, 9.17) is 4.74 Å². The van der Waals surface area contributed by atoms with E-state index in [0.29, 0.717) is 17.5 Å². The van der Waals surface area contributed by atoms with E-state index >= 15 is 0 Å². The predicted octanol–water partition coefficient (Wildman–Crippen LogP) is 1.96. The number of rotatable bonds is 5. The van der Waals surface area contributed by atoms with Crippen LogP contribution >= 0.6 is 0 Å². The summed E-state index contributed by atoms with van der Waals surface area (Å²) >= 11 is 0. The maximum atomic E-state index is 5.59. The molecule has 0 aromatic carbocycles. The molecule has 3 rings (SSSR count). The molecular formula is C17H30N4O. The van der Waals surface area contributed by atoms with Gasteiger partial charge in [-0.15, -0.1) is 0 Å². The zero-order valence-electron chi connectivity index (χ0n) is 14.2. The van der Waals surface area contributed by atoms with Crippen LogP contribution in [0.1, 0.15) is 43.7 Å². The molecule has 0 amide bonds. The smallest absolute Gasteiger partial charge is 0.0538 e. The van der Waals surface area contributed by atoms with Gasteiger partial charge in [-0.1, -0.05) is 6.42 Å². The highest BCUT2D eigenvalue weighted by Crippen LogP contribution is 2.46. The monoisotopic (exact) mass is 306 g/mol. The zero-order valence-corrected chi connectivity index (χ0v) is 14.2. The Morgan fingerprint density at radius 2 is 2.18 bits per heavy atom. The number of ether oxygens (including phenoxy) is 1. The third-order valence-corrected chi connectivity index (χ3v) is 5.69. The number of hydrogen-bond donors (Lipinski definition) is 1. The van der Waals surface area contributed by atoms with Crippen LogP contribution < -0.4 is 5.32 Å². The van der Waals surface area contributed by atoms with Crippen molar-refractivity contribution in [3.63, 3.8) is 0 Å². The highest BCUT2D eigenvalue weighted by Gasteiger charge is 2.43. The summed E-state index contributed by atoms with van der Waals surface area (Å²) in [5.74, 6) is 0. The average molecular weight is 306 g/mol. The Morgan fingerprint density at radius 1 is 1.41 bits per heavy atom. The minimum absolute atomic E-state index is 0.381. The fourth-order valence-corrected chi connectivity index (χ4v) is 4.30. The quantitative estimate of drug-likeness (QED) is 0.903. The van der Waals surface area contributed by atoms with Crippen molar-refractivity contribution in [2.75, 3.05) is 33.9 Å². The van der Waals surface area contributed by atoms with Crippen LogP contribution in [0, 0.1) is 5.41 Å². The molecule has 5 nitrogen and oxygen atoms in total. The van der Waals surface area contributed by atoms with Gasteiger partial charge in [-0.2, -0.15) is 5.10 Å². The Hall–Kier alpha value is -0.910. The third-order valence-electron chi connectivity index (χ3n) is 5.69. The normalized spacial score (nSPS) is 25.9. The summed E-state index contributed by atoms with van der Waals surface area (Å²) in [4.78, 5) is 2.29. The summed E-state index contributed by atoms with van der Waals surface area (Å²) < 4.78 is 7.48. The molecule has 0 bridgehead atoms. The lowest BCUT2D eigenvalue weighted by atomic mass is 9.75. The second-order valence-corrected chi connectivity index (χ2v) is 7.25. The van der Waals surface area contributed by atoms with Gasteiger partial charge < -0.3 is 15.0 Å². The Labute approximate surface area is 134 Å². The van der Waals surface area contributed by atoms with Gasteiger partial charge >= 0.3 is 0 Å². The number of aromatic nitrogens is 2. The van der Waals surface area contributed by atoms with E-state index in [9.17, 15) is 0 Å². The van der Waals surface area contributed by atoms with E-state index in [1.807, 2.05) is 17.9 Å². The first-order valence-electron chi connectivity index (χ1n) is 8.57. The van der Waals surface area contributed by atoms with E-state index in [-0.39, 0.29) is 0 Å². The summed E-state index contributed by atoms with van der Waals surface area (Å²) in [7, 11) is 6.29. The fraction of sp³-hybridized carbons (Fsp3) is 0.824. The van der Waals surface area contributed by atoms with Crippen LogP contribution in [-0.4, -0.2) is 54.6 Å². The highest BCUT2D eigenvalue weighted by atomic mass is 16.5. The SMILES string of the molecule is CN(C)[C@@H](CN[C@H]1CCCC12CCOCC2)c1cnn(C)c1. The first-order valence-corrected chi connectivity index (χ1v) is 8.57. The van der Waals surface area contributed by atoms with Crippen molar-refractivity contribution in [2.45, 2.75) is 44.2 Å². The van der Waals surface area contributed by atoms with Crippen LogP contribution in [0.2, 0.25) is 0 Å². The Balaban J connectivity index is 1.64. The van der Waals surface area contributed by atoms with Crippen molar-refractivity contribution < 1.29 is 4.74 Å². The molecule has 1 aliphatic heterocycles. The lowest BCUT2D eigenvalue weighted by molar-refractivity contribution is 0.00355. The minimum Gasteiger partial charge on any atom is -0.381 e. The molecule has 1 saturated heterocycles. The van der Waals surface area contributed by atoms with Gasteiger partial charge in [-0.05, 0) is 45.2 Å². The minimum atomic E-state index is 0.381. The molecule has 1 N–H and O–H groups in total. The van der Waals surface area contributed by atoms with Crippen LogP contribution in [0.5, 0.6) is 0 Å². The van der Waals surface area contributed by atoms with Gasteiger partial charge in [0.25, 0.3) is 0 Å². The summed E-state index contributed by atoms with van der Waals surface area (Å²) in [6.07, 6.45) is 10.6. The Bertz CT molecular complexity index is 479. The molecule has 1 saturated carbocycles. The topological polar surface area (TPSA) is 42.3 Å². The molecule has 2 atom stereocenters. The molecule has 22 heavy (non-hydrogen) atoms. The Kier molecular flexibility index (Phi) is 4.85. The maximum absolute atomic E-state index is 5.59. The molecule has 5 heteroatoms. The van der Waals surface area contributed by atoms with Gasteiger partial charge in [0.05, 0.1) is 6.20 Å². The van der Waals surface area contributed by atoms with E-state index in [1.54, 1.807) is 0 Å². The lowest BCUT2D eigenvalue weighted by Gasteiger charge is -2.40. The van der Waals surface area contributed by atoms with E-state index in [2.05, 4.69) is 35.6 Å². The van der Waals surface area contributed by atoms with Gasteiger partial charge in [0.15, 0.2) is 0 Å². The van der Waals surface area contributed by atoms with Crippen molar-refractivity contribution in [3.8, 4) is 0 Å². The molecule has 1 aliphatic carbocycles. The van der Waals surface area contributed by atoms with Gasteiger partial charge in [0, 0.05) is 50.7 Å². The largest absolute Gasteiger partial charge is 0.381 e. The first kappa shape index (κ1) is 16.0. The summed E-state index contributed by atoms with van der Waals surface area (Å²) in [6, 6.07) is 1.03. The molecule has 2 fully saturated rings. The fourth-order valence-electron chi connectivity index (χ4n) is 4.30. The van der Waals surface area contributed by atoms with Crippen molar-refractivity contribution >= 4 is 0 Å². The highest BCUT2D eigenvalue weighted by molar-refractivity contribution is 5.11. The molecule has 0 unspecified atom stereocenters. The standard InChI is InChI=1S/C17H30N4O/c1-20(2)15(14-11-19-21(3)13-14)12-18-16-5-4-6-17(16)7-9-22-10-8-17/h11,13,15-16,18H,4-10,12H2,1-3H3/t15-,16-/m0/s1. The lowest BCUT2D eigenvalue weighted by Crippen LogP contribution is -2.47. The third kappa shape index (κ3) is 3.21. The Morgan fingerprint density at radius 3 is 2.82 bits per heavy atom. The molecule has 2 aliphatic rings. The molecule has 2 heterocycles. The second-order valence-electron chi connectivity index (χ2n) is 7.25. The molecule has 1 aromatic rings. The van der Waals surface area contributed by atoms with E-state index in [0.717, 1.165) is 19.8 Å². The maximum Gasteiger partial charge on any atom is 0.0538 e. The van der Waals surface area contributed by atoms with E-state index in [1.165, 1.54) is 37.7 Å². The van der Waals surface area contributed by atoms with Gasteiger partial charge in [0.2, 0.25) is 0 Å². The van der Waals surface area contributed by atoms with Gasteiger partial charge in [-0.25, -0.2) is 0 Å². The zero-order chi connectivity index (χ0) is 15.6. The van der Waals surface area contributed by atoms with Gasteiger partial charge in [0.1, 0.15) is 0 Å². The molecule has 1 aromatic heterocycles. The summed E-state index contributed by atoms with van der Waals surface area (Å²) in [5, 5.41) is 8.23. The second kappa shape index (κ2) is 6.69. The van der Waals surface area contributed by atoms with Crippen molar-refractivity contribution in [2.24, 2.45) is 12.5 Å².